The molecule has 0 saturated carbocycles. The molecule has 1 aromatic carbocycles. The van der Waals surface area contributed by atoms with Crippen molar-refractivity contribution in [3.8, 4) is 5.75 Å². The normalized spacial score (nSPS) is 14.0. The number of ether oxygens (including phenoxy) is 1. The van der Waals surface area contributed by atoms with E-state index in [1.165, 1.54) is 12.1 Å². The second kappa shape index (κ2) is 6.78. The van der Waals surface area contributed by atoms with E-state index in [-0.39, 0.29) is 29.5 Å². The van der Waals surface area contributed by atoms with Crippen LogP contribution < -0.4 is 4.74 Å². The van der Waals surface area contributed by atoms with Crippen LogP contribution in [-0.4, -0.2) is 38.7 Å². The Labute approximate surface area is 151 Å². The quantitative estimate of drug-likeness (QED) is 0.619. The van der Waals surface area contributed by atoms with Crippen LogP contribution in [0.5, 0.6) is 5.75 Å². The zero-order chi connectivity index (χ0) is 18.9. The fraction of sp³-hybridized carbons (Fsp3) is 0.444. The number of nitrogens with zero attached hydrogens (tertiary/aromatic N) is 4. The lowest BCUT2D eigenvalue weighted by Crippen LogP contribution is -2.40. The number of para-hydroxylation sites is 2. The molecular formula is C18H22N4O4. The number of hydrogen-bond donors (Lipinski definition) is 0. The van der Waals surface area contributed by atoms with Crippen molar-refractivity contribution in [1.29, 1.82) is 0 Å². The molecule has 1 amide bonds. The second-order valence-corrected chi connectivity index (χ2v) is 7.28. The Bertz CT molecular complexity index is 838. The highest BCUT2D eigenvalue weighted by atomic mass is 16.6. The molecule has 1 aliphatic rings. The summed E-state index contributed by atoms with van der Waals surface area (Å²) in [6, 6.07) is 6.05. The first-order valence-electron chi connectivity index (χ1n) is 8.47. The molecule has 0 N–H and O–H groups in total. The topological polar surface area (TPSA) is 90.5 Å². The minimum Gasteiger partial charge on any atom is -0.477 e. The van der Waals surface area contributed by atoms with E-state index in [0.717, 1.165) is 17.7 Å². The molecule has 2 heterocycles. The number of hydrogen-bond acceptors (Lipinski definition) is 5. The molecule has 0 unspecified atom stereocenters. The van der Waals surface area contributed by atoms with Gasteiger partial charge in [-0.05, 0) is 26.8 Å². The third-order valence-corrected chi connectivity index (χ3v) is 4.34. The van der Waals surface area contributed by atoms with E-state index in [4.69, 9.17) is 4.74 Å². The van der Waals surface area contributed by atoms with Crippen LogP contribution in [0.1, 0.15) is 32.0 Å². The molecule has 0 aliphatic carbocycles. The first-order chi connectivity index (χ1) is 12.3. The molecule has 3 rings (SSSR count). The van der Waals surface area contributed by atoms with Gasteiger partial charge in [-0.3, -0.25) is 19.6 Å². The van der Waals surface area contributed by atoms with Crippen LogP contribution in [0, 0.1) is 10.1 Å². The Hall–Kier alpha value is -2.90. The summed E-state index contributed by atoms with van der Waals surface area (Å²) in [5, 5.41) is 15.5. The average molecular weight is 358 g/mol. The highest BCUT2D eigenvalue weighted by Crippen LogP contribution is 2.27. The maximum atomic E-state index is 12.5. The first kappa shape index (κ1) is 17.9. The van der Waals surface area contributed by atoms with E-state index >= 15 is 0 Å². The molecule has 0 spiro atoms. The minimum atomic E-state index is -0.520. The van der Waals surface area contributed by atoms with Crippen LogP contribution in [0.2, 0.25) is 0 Å². The van der Waals surface area contributed by atoms with Gasteiger partial charge < -0.3 is 9.64 Å². The summed E-state index contributed by atoms with van der Waals surface area (Å²) in [5.41, 5.74) is 1.94. The number of rotatable bonds is 4. The molecule has 8 heteroatoms. The fourth-order valence-corrected chi connectivity index (χ4v) is 3.08. The summed E-state index contributed by atoms with van der Waals surface area (Å²) in [6.07, 6.45) is 2.53. The number of carbonyl (C=O) groups excluding carboxylic acids is 1. The molecule has 138 valence electrons. The number of nitro benzene ring substituents is 1. The van der Waals surface area contributed by atoms with Crippen LogP contribution in [0.3, 0.4) is 0 Å². The van der Waals surface area contributed by atoms with Gasteiger partial charge in [0.15, 0.2) is 12.4 Å². The molecule has 1 aromatic heterocycles. The van der Waals surface area contributed by atoms with Gasteiger partial charge in [-0.1, -0.05) is 12.1 Å². The summed E-state index contributed by atoms with van der Waals surface area (Å²) in [5.74, 6) is -0.0959. The maximum absolute atomic E-state index is 12.5. The lowest BCUT2D eigenvalue weighted by atomic mass is 10.0. The minimum absolute atomic E-state index is 0.101. The molecule has 0 atom stereocenters. The van der Waals surface area contributed by atoms with E-state index < -0.39 is 4.92 Å². The van der Waals surface area contributed by atoms with E-state index in [9.17, 15) is 14.9 Å². The summed E-state index contributed by atoms with van der Waals surface area (Å²) in [6.45, 7) is 7.11. The Morgan fingerprint density at radius 3 is 2.77 bits per heavy atom. The fourth-order valence-electron chi connectivity index (χ4n) is 3.08. The van der Waals surface area contributed by atoms with Crippen molar-refractivity contribution in [3.63, 3.8) is 0 Å². The van der Waals surface area contributed by atoms with Crippen molar-refractivity contribution in [2.45, 2.75) is 39.3 Å². The van der Waals surface area contributed by atoms with Crippen molar-refractivity contribution >= 4 is 11.6 Å². The number of amides is 1. The summed E-state index contributed by atoms with van der Waals surface area (Å²) in [7, 11) is 0. The van der Waals surface area contributed by atoms with E-state index in [0.29, 0.717) is 13.1 Å². The van der Waals surface area contributed by atoms with Gasteiger partial charge in [0.25, 0.3) is 5.91 Å². The third-order valence-electron chi connectivity index (χ3n) is 4.34. The van der Waals surface area contributed by atoms with Gasteiger partial charge in [0.2, 0.25) is 0 Å². The Morgan fingerprint density at radius 2 is 2.08 bits per heavy atom. The number of carbonyl (C=O) groups is 1. The number of aromatic nitrogens is 2. The number of nitro groups is 1. The molecule has 0 fully saturated rings. The molecular weight excluding hydrogens is 336 g/mol. The Kier molecular flexibility index (Phi) is 4.67. The third kappa shape index (κ3) is 3.54. The SMILES string of the molecule is CC(C)(C)n1ncc2c1CCN(C(=O)COc1ccccc1[N+](=O)[O-])C2. The zero-order valence-corrected chi connectivity index (χ0v) is 15.1. The van der Waals surface area contributed by atoms with Crippen LogP contribution in [0.4, 0.5) is 5.69 Å². The lowest BCUT2D eigenvalue weighted by Gasteiger charge is -2.30. The Morgan fingerprint density at radius 1 is 1.35 bits per heavy atom. The average Bonchev–Trinajstić information content (AvgIpc) is 3.03. The monoisotopic (exact) mass is 358 g/mol. The smallest absolute Gasteiger partial charge is 0.310 e. The maximum Gasteiger partial charge on any atom is 0.310 e. The molecule has 26 heavy (non-hydrogen) atoms. The van der Waals surface area contributed by atoms with Crippen molar-refractivity contribution in [3.05, 3.63) is 51.8 Å². The van der Waals surface area contributed by atoms with Gasteiger partial charge in [-0.25, -0.2) is 0 Å². The highest BCUT2D eigenvalue weighted by Gasteiger charge is 2.28. The molecule has 0 saturated heterocycles. The first-order valence-corrected chi connectivity index (χ1v) is 8.47. The van der Waals surface area contributed by atoms with Gasteiger partial charge in [0.05, 0.1) is 16.7 Å². The predicted octanol–water partition coefficient (Wildman–Crippen LogP) is 2.51. The van der Waals surface area contributed by atoms with Crippen molar-refractivity contribution in [2.75, 3.05) is 13.2 Å². The lowest BCUT2D eigenvalue weighted by molar-refractivity contribution is -0.385. The van der Waals surface area contributed by atoms with Crippen LogP contribution >= 0.6 is 0 Å². The molecule has 0 radical (unpaired) electrons. The largest absolute Gasteiger partial charge is 0.477 e. The summed E-state index contributed by atoms with van der Waals surface area (Å²) >= 11 is 0. The van der Waals surface area contributed by atoms with Crippen LogP contribution in [0.25, 0.3) is 0 Å². The molecule has 0 bridgehead atoms. The summed E-state index contributed by atoms with van der Waals surface area (Å²) < 4.78 is 7.42. The highest BCUT2D eigenvalue weighted by molar-refractivity contribution is 5.78. The predicted molar refractivity (Wildman–Crippen MR) is 94.9 cm³/mol. The number of fused-ring (bicyclic) bond motifs is 1. The van der Waals surface area contributed by atoms with E-state index in [2.05, 4.69) is 25.9 Å². The van der Waals surface area contributed by atoms with Crippen LogP contribution in [-0.2, 0) is 23.3 Å². The van der Waals surface area contributed by atoms with Gasteiger partial charge in [0, 0.05) is 36.8 Å². The number of benzene rings is 1. The second-order valence-electron chi connectivity index (χ2n) is 7.28. The van der Waals surface area contributed by atoms with Crippen molar-refractivity contribution < 1.29 is 14.5 Å². The van der Waals surface area contributed by atoms with Crippen molar-refractivity contribution in [2.24, 2.45) is 0 Å². The van der Waals surface area contributed by atoms with Gasteiger partial charge in [0.1, 0.15) is 0 Å². The van der Waals surface area contributed by atoms with Crippen molar-refractivity contribution in [1.82, 2.24) is 14.7 Å². The molecule has 2 aromatic rings. The molecule has 8 nitrogen and oxygen atoms in total. The Balaban J connectivity index is 1.66. The van der Waals surface area contributed by atoms with Gasteiger partial charge >= 0.3 is 5.69 Å². The molecule has 1 aliphatic heterocycles. The zero-order valence-electron chi connectivity index (χ0n) is 15.1. The standard InChI is InChI=1S/C18H22N4O4/c1-18(2,3)21-14-8-9-20(11-13(14)10-19-21)17(23)12-26-16-7-5-4-6-15(16)22(24)25/h4-7,10H,8-9,11-12H2,1-3H3. The van der Waals surface area contributed by atoms with Crippen LogP contribution in [0.15, 0.2) is 30.5 Å². The van der Waals surface area contributed by atoms with Gasteiger partial charge in [-0.15, -0.1) is 0 Å². The van der Waals surface area contributed by atoms with E-state index in [1.807, 2.05) is 10.9 Å². The van der Waals surface area contributed by atoms with E-state index in [1.54, 1.807) is 17.0 Å². The van der Waals surface area contributed by atoms with Gasteiger partial charge in [-0.2, -0.15) is 5.10 Å². The summed E-state index contributed by atoms with van der Waals surface area (Å²) in [4.78, 5) is 24.7.